The molecule has 0 spiro atoms. The molecule has 2 aliphatic rings. The molecule has 0 bridgehead atoms. The van der Waals surface area contributed by atoms with Crippen LogP contribution in [-0.2, 0) is 38.1 Å². The molecule has 3 aromatic rings. The van der Waals surface area contributed by atoms with Crippen molar-refractivity contribution in [3.63, 3.8) is 0 Å². The van der Waals surface area contributed by atoms with Crippen LogP contribution in [-0.4, -0.2) is 55.4 Å². The van der Waals surface area contributed by atoms with Gasteiger partial charge in [-0.05, 0) is 99.2 Å². The summed E-state index contributed by atoms with van der Waals surface area (Å²) in [4.78, 5) is 49.2. The van der Waals surface area contributed by atoms with Crippen LogP contribution in [0.15, 0.2) is 85.5 Å². The van der Waals surface area contributed by atoms with E-state index in [9.17, 15) is 19.2 Å². The summed E-state index contributed by atoms with van der Waals surface area (Å²) in [5.41, 5.74) is 4.36. The second-order valence-corrected chi connectivity index (χ2v) is 13.2. The van der Waals surface area contributed by atoms with Gasteiger partial charge in [0.15, 0.2) is 18.5 Å². The largest absolute Gasteiger partial charge is 0.464 e. The molecule has 276 valence electrons. The first-order valence-electron chi connectivity index (χ1n) is 18.2. The van der Waals surface area contributed by atoms with Gasteiger partial charge in [0, 0.05) is 11.6 Å². The molecule has 1 aliphatic heterocycles. The lowest BCUT2D eigenvalue weighted by atomic mass is 9.76. The normalized spacial score (nSPS) is 20.8. The number of benzene rings is 3. The van der Waals surface area contributed by atoms with Gasteiger partial charge in [-0.3, -0.25) is 0 Å². The van der Waals surface area contributed by atoms with Crippen molar-refractivity contribution in [2.45, 2.75) is 96.2 Å². The van der Waals surface area contributed by atoms with Gasteiger partial charge < -0.3 is 28.4 Å². The maximum Gasteiger partial charge on any atom is 0.343 e. The van der Waals surface area contributed by atoms with Crippen LogP contribution >= 0.6 is 0 Å². The van der Waals surface area contributed by atoms with Gasteiger partial charge in [-0.15, -0.1) is 0 Å². The highest BCUT2D eigenvalue weighted by atomic mass is 16.8. The zero-order valence-corrected chi connectivity index (χ0v) is 30.1. The average Bonchev–Trinajstić information content (AvgIpc) is 3.62. The summed E-state index contributed by atoms with van der Waals surface area (Å²) >= 11 is 0. The quantitative estimate of drug-likeness (QED) is 0.0662. The van der Waals surface area contributed by atoms with Crippen molar-refractivity contribution in [1.82, 2.24) is 0 Å². The van der Waals surface area contributed by atoms with E-state index in [4.69, 9.17) is 28.4 Å². The van der Waals surface area contributed by atoms with E-state index in [2.05, 4.69) is 30.8 Å². The van der Waals surface area contributed by atoms with Gasteiger partial charge in [0.05, 0.1) is 24.9 Å². The molecule has 10 nitrogen and oxygen atoms in total. The summed E-state index contributed by atoms with van der Waals surface area (Å²) in [5, 5.41) is 0. The number of carbonyl (C=O) groups is 4. The predicted molar refractivity (Wildman–Crippen MR) is 193 cm³/mol. The first-order valence-corrected chi connectivity index (χ1v) is 18.2. The third kappa shape index (κ3) is 10.2. The highest BCUT2D eigenvalue weighted by molar-refractivity contribution is 5.91. The monoisotopic (exact) mass is 712 g/mol. The Labute approximate surface area is 305 Å². The summed E-state index contributed by atoms with van der Waals surface area (Å²) < 4.78 is 32.5. The second-order valence-electron chi connectivity index (χ2n) is 13.2. The highest BCUT2D eigenvalue weighted by Crippen LogP contribution is 2.39. The van der Waals surface area contributed by atoms with Gasteiger partial charge in [-0.2, -0.15) is 0 Å². The van der Waals surface area contributed by atoms with Gasteiger partial charge in [0.1, 0.15) is 5.75 Å². The molecule has 52 heavy (non-hydrogen) atoms. The van der Waals surface area contributed by atoms with Crippen molar-refractivity contribution in [2.24, 2.45) is 5.92 Å². The number of hydrogen-bond donors (Lipinski definition) is 0. The Morgan fingerprint density at radius 2 is 1.38 bits per heavy atom. The van der Waals surface area contributed by atoms with Crippen LogP contribution in [0.2, 0.25) is 0 Å². The smallest absolute Gasteiger partial charge is 0.343 e. The number of rotatable bonds is 15. The zero-order chi connectivity index (χ0) is 37.0. The molecule has 1 unspecified atom stereocenters. The molecule has 1 aliphatic carbocycles. The van der Waals surface area contributed by atoms with E-state index in [1.165, 1.54) is 37.3 Å². The maximum absolute atomic E-state index is 13.0. The van der Waals surface area contributed by atoms with E-state index in [-0.39, 0.29) is 25.3 Å². The minimum absolute atomic E-state index is 0.0885. The van der Waals surface area contributed by atoms with Crippen LogP contribution in [0.3, 0.4) is 0 Å². The van der Waals surface area contributed by atoms with E-state index in [1.807, 2.05) is 19.1 Å². The summed E-state index contributed by atoms with van der Waals surface area (Å²) in [6, 6.07) is 22.5. The van der Waals surface area contributed by atoms with E-state index in [0.29, 0.717) is 28.7 Å². The lowest BCUT2D eigenvalue weighted by Gasteiger charge is -2.30. The second kappa shape index (κ2) is 18.6. The van der Waals surface area contributed by atoms with Crippen LogP contribution in [0.1, 0.15) is 99.4 Å². The number of ether oxygens (including phenoxy) is 6. The molecule has 1 heterocycles. The Morgan fingerprint density at radius 1 is 0.808 bits per heavy atom. The highest BCUT2D eigenvalue weighted by Gasteiger charge is 2.47. The number of hydrogen-bond acceptors (Lipinski definition) is 10. The van der Waals surface area contributed by atoms with E-state index in [0.717, 1.165) is 30.4 Å². The third-order valence-corrected chi connectivity index (χ3v) is 9.54. The number of esters is 4. The molecular weight excluding hydrogens is 664 g/mol. The van der Waals surface area contributed by atoms with E-state index >= 15 is 0 Å². The zero-order valence-electron chi connectivity index (χ0n) is 30.1. The van der Waals surface area contributed by atoms with Gasteiger partial charge in [0.2, 0.25) is 0 Å². The summed E-state index contributed by atoms with van der Waals surface area (Å²) in [5.74, 6) is -0.768. The minimum Gasteiger partial charge on any atom is -0.464 e. The first-order chi connectivity index (χ1) is 25.2. The van der Waals surface area contributed by atoms with Gasteiger partial charge in [0.25, 0.3) is 0 Å². The summed E-state index contributed by atoms with van der Waals surface area (Å²) in [6.45, 7) is 8.96. The van der Waals surface area contributed by atoms with Crippen LogP contribution in [0.5, 0.6) is 5.75 Å². The number of carbonyl (C=O) groups excluding carboxylic acids is 4. The van der Waals surface area contributed by atoms with E-state index in [1.54, 1.807) is 50.2 Å². The maximum atomic E-state index is 13.0. The molecule has 0 aromatic heterocycles. The lowest BCUT2D eigenvalue weighted by molar-refractivity contribution is -0.163. The van der Waals surface area contributed by atoms with Crippen molar-refractivity contribution in [1.29, 1.82) is 0 Å². The SMILES string of the molecule is C=CC(=O)OC(C)CCC[C@H]1CCC[C@H](c2ccc(-c3ccc(C(=O)Oc4ccc(C5O[C@@H](C(=O)OCC)[C@H](C(=O)OCC)O5)cc4)cc3)cc2)C1. The van der Waals surface area contributed by atoms with Crippen molar-refractivity contribution in [3.8, 4) is 16.9 Å². The molecule has 1 saturated heterocycles. The van der Waals surface area contributed by atoms with Gasteiger partial charge >= 0.3 is 23.9 Å². The van der Waals surface area contributed by atoms with Crippen molar-refractivity contribution in [2.75, 3.05) is 13.2 Å². The van der Waals surface area contributed by atoms with Crippen LogP contribution < -0.4 is 4.74 Å². The Kier molecular flexibility index (Phi) is 13.8. The molecular formula is C42H48O10. The minimum atomic E-state index is -1.26. The van der Waals surface area contributed by atoms with E-state index < -0.39 is 36.4 Å². The fourth-order valence-corrected chi connectivity index (χ4v) is 6.87. The third-order valence-electron chi connectivity index (χ3n) is 9.54. The van der Waals surface area contributed by atoms with Crippen LogP contribution in [0.25, 0.3) is 11.1 Å². The first kappa shape index (κ1) is 38.4. The lowest BCUT2D eigenvalue weighted by Crippen LogP contribution is -2.39. The Balaban J connectivity index is 1.12. The van der Waals surface area contributed by atoms with Gasteiger partial charge in [-0.1, -0.05) is 74.4 Å². The molecule has 5 rings (SSSR count). The summed E-state index contributed by atoms with van der Waals surface area (Å²) in [6.07, 6.45) is 5.48. The topological polar surface area (TPSA) is 124 Å². The molecule has 3 aromatic carbocycles. The molecule has 5 atom stereocenters. The standard InChI is InChI=1S/C42H48O10/c1-5-36(43)49-27(4)10-8-11-28-12-9-13-34(26-28)31-16-14-29(15-17-31)30-18-20-32(21-19-30)39(44)50-35-24-22-33(23-25-35)42-51-37(40(45)47-6-2)38(52-42)41(46)48-7-3/h5,14-25,27-28,34,37-38,42H,1,6-13,26H2,2-4H3/t27?,28-,34-,37+,38+/m0/s1. The Bertz CT molecular complexity index is 1640. The molecule has 2 fully saturated rings. The molecule has 0 amide bonds. The Hall–Kier alpha value is -4.80. The molecule has 1 saturated carbocycles. The summed E-state index contributed by atoms with van der Waals surface area (Å²) in [7, 11) is 0. The van der Waals surface area contributed by atoms with Gasteiger partial charge in [-0.25, -0.2) is 19.2 Å². The Morgan fingerprint density at radius 3 is 1.96 bits per heavy atom. The average molecular weight is 713 g/mol. The molecule has 0 N–H and O–H groups in total. The van der Waals surface area contributed by atoms with Crippen molar-refractivity contribution in [3.05, 3.63) is 102 Å². The molecule has 10 heteroatoms. The predicted octanol–water partition coefficient (Wildman–Crippen LogP) is 8.04. The van der Waals surface area contributed by atoms with Crippen molar-refractivity contribution < 1.29 is 47.6 Å². The van der Waals surface area contributed by atoms with Crippen LogP contribution in [0.4, 0.5) is 0 Å². The van der Waals surface area contributed by atoms with Crippen LogP contribution in [0, 0.1) is 5.92 Å². The fraction of sp³-hybridized carbons (Fsp3) is 0.429. The fourth-order valence-electron chi connectivity index (χ4n) is 6.87. The van der Waals surface area contributed by atoms with Crippen molar-refractivity contribution >= 4 is 23.9 Å². The molecule has 0 radical (unpaired) electrons.